The molecule has 4 aromatic rings. The zero-order valence-electron chi connectivity index (χ0n) is 32.4. The van der Waals surface area contributed by atoms with Crippen LogP contribution in [-0.4, -0.2) is 62.3 Å². The fraction of sp³-hybridized carbons (Fsp3) is 0.386. The summed E-state index contributed by atoms with van der Waals surface area (Å²) in [7, 11) is 1.55. The molecule has 0 aliphatic carbocycles. The number of nitrogens with one attached hydrogen (secondary N) is 1. The summed E-state index contributed by atoms with van der Waals surface area (Å²) in [4.78, 5) is 31.9. The molecule has 0 fully saturated rings. The number of hydrogen-bond donors (Lipinski definition) is 3. The first-order valence-corrected chi connectivity index (χ1v) is 19.5. The third-order valence-corrected chi connectivity index (χ3v) is 10.3. The molecular formula is C44H52N4O6S. The number of carbonyl (C=O) groups is 2. The second-order valence-electron chi connectivity index (χ2n) is 14.8. The van der Waals surface area contributed by atoms with Crippen LogP contribution in [0, 0.1) is 0 Å². The standard InChI is InChI=1S/C44H52N4O6S/c1-6-29-21-35-34-12-8-7-11-30(34)20-32(47-27-49)26-46-38(35)25-40(29)53-17-10-18-54-42-24-37(45)36(23-41(42)51-5)43(50)48-28(2)19-31-13-14-33(22-39(31)48)52-16-9-15-44(3,4)55/h7-8,11-14,21-28,32,55H,6,9-10,15-20,45H2,1-5H3,(H,47,49)/t28-,32?/m1/s1. The number of nitrogens with two attached hydrogens (primary N) is 1. The molecule has 0 aromatic heterocycles. The monoisotopic (exact) mass is 764 g/mol. The number of rotatable bonds is 16. The quantitative estimate of drug-likeness (QED) is 0.0455. The van der Waals surface area contributed by atoms with Crippen LogP contribution in [0.4, 0.5) is 17.1 Å². The second-order valence-corrected chi connectivity index (χ2v) is 16.0. The second kappa shape index (κ2) is 17.5. The molecule has 0 bridgehead atoms. The summed E-state index contributed by atoms with van der Waals surface area (Å²) in [6, 6.07) is 21.4. The maximum atomic E-state index is 14.1. The van der Waals surface area contributed by atoms with Crippen LogP contribution in [0.5, 0.6) is 23.0 Å². The SMILES string of the molecule is CCc1cc2c(cc1OCCCOc1cc(N)c(C(=O)N3c4cc(OCCCC(C)(C)S)ccc4C[C@H]3C)cc1OC)N=CC(NC=O)Cc1ccccc1-2. The van der Waals surface area contributed by atoms with Gasteiger partial charge in [0.05, 0.1) is 49.9 Å². The van der Waals surface area contributed by atoms with E-state index >= 15 is 0 Å². The maximum absolute atomic E-state index is 14.1. The number of methoxy groups -OCH3 is 1. The summed E-state index contributed by atoms with van der Waals surface area (Å²) in [5.74, 6) is 2.15. The predicted molar refractivity (Wildman–Crippen MR) is 223 cm³/mol. The van der Waals surface area contributed by atoms with Gasteiger partial charge in [0.25, 0.3) is 5.91 Å². The van der Waals surface area contributed by atoms with E-state index in [0.717, 1.165) is 76.4 Å². The Balaban J connectivity index is 1.10. The van der Waals surface area contributed by atoms with Gasteiger partial charge < -0.3 is 34.9 Å². The summed E-state index contributed by atoms with van der Waals surface area (Å²) in [6.07, 6.45) is 7.08. The van der Waals surface area contributed by atoms with E-state index in [4.69, 9.17) is 29.7 Å². The highest BCUT2D eigenvalue weighted by Gasteiger charge is 2.33. The number of ether oxygens (including phenoxy) is 4. The van der Waals surface area contributed by atoms with Gasteiger partial charge in [-0.05, 0) is 79.5 Å². The molecule has 0 radical (unpaired) electrons. The van der Waals surface area contributed by atoms with Crippen molar-refractivity contribution in [1.29, 1.82) is 0 Å². The molecule has 4 aromatic carbocycles. The minimum absolute atomic E-state index is 0.0505. The van der Waals surface area contributed by atoms with Crippen molar-refractivity contribution >= 4 is 48.2 Å². The van der Waals surface area contributed by atoms with Crippen molar-refractivity contribution in [3.8, 4) is 34.1 Å². The Bertz CT molecular complexity index is 2040. The van der Waals surface area contributed by atoms with Crippen LogP contribution >= 0.6 is 12.6 Å². The van der Waals surface area contributed by atoms with E-state index in [2.05, 4.69) is 56.9 Å². The highest BCUT2D eigenvalue weighted by molar-refractivity contribution is 7.81. The Labute approximate surface area is 329 Å². The molecule has 3 N–H and O–H groups in total. The summed E-state index contributed by atoms with van der Waals surface area (Å²) in [5.41, 5.74) is 14.2. The molecule has 2 heterocycles. The van der Waals surface area contributed by atoms with E-state index in [-0.39, 0.29) is 22.7 Å². The van der Waals surface area contributed by atoms with Crippen molar-refractivity contribution in [3.63, 3.8) is 0 Å². The predicted octanol–water partition coefficient (Wildman–Crippen LogP) is 8.19. The summed E-state index contributed by atoms with van der Waals surface area (Å²) >= 11 is 4.61. The van der Waals surface area contributed by atoms with E-state index < -0.39 is 0 Å². The molecule has 55 heavy (non-hydrogen) atoms. The minimum Gasteiger partial charge on any atom is -0.494 e. The maximum Gasteiger partial charge on any atom is 0.260 e. The summed E-state index contributed by atoms with van der Waals surface area (Å²) < 4.78 is 24.1. The van der Waals surface area contributed by atoms with E-state index in [1.165, 1.54) is 0 Å². The van der Waals surface area contributed by atoms with E-state index in [1.807, 2.05) is 43.3 Å². The third-order valence-electron chi connectivity index (χ3n) is 10.0. The number of aryl methyl sites for hydroxylation is 1. The van der Waals surface area contributed by atoms with Gasteiger partial charge in [-0.1, -0.05) is 51.1 Å². The van der Waals surface area contributed by atoms with Crippen LogP contribution in [0.1, 0.15) is 74.0 Å². The number of hydrogen-bond acceptors (Lipinski definition) is 9. The fourth-order valence-corrected chi connectivity index (χ4v) is 7.38. The number of amides is 2. The van der Waals surface area contributed by atoms with Gasteiger partial charge in [0.15, 0.2) is 11.5 Å². The molecule has 2 aliphatic heterocycles. The van der Waals surface area contributed by atoms with Crippen molar-refractivity contribution in [2.45, 2.75) is 83.1 Å². The smallest absolute Gasteiger partial charge is 0.260 e. The molecule has 1 unspecified atom stereocenters. The molecule has 6 rings (SSSR count). The zero-order chi connectivity index (χ0) is 39.1. The average Bonchev–Trinajstić information content (AvgIpc) is 3.49. The lowest BCUT2D eigenvalue weighted by Crippen LogP contribution is -2.36. The normalized spacial score (nSPS) is 15.9. The summed E-state index contributed by atoms with van der Waals surface area (Å²) in [5, 5.41) is 2.86. The number of aliphatic imine (C=N–C) groups is 1. The van der Waals surface area contributed by atoms with Crippen molar-refractivity contribution in [2.75, 3.05) is 37.6 Å². The first-order valence-electron chi connectivity index (χ1n) is 19.0. The Morgan fingerprint density at radius 2 is 1.71 bits per heavy atom. The molecule has 2 aliphatic rings. The lowest BCUT2D eigenvalue weighted by molar-refractivity contribution is -0.109. The highest BCUT2D eigenvalue weighted by Crippen LogP contribution is 2.41. The van der Waals surface area contributed by atoms with Crippen molar-refractivity contribution in [2.24, 2.45) is 4.99 Å². The Kier molecular flexibility index (Phi) is 12.6. The van der Waals surface area contributed by atoms with Crippen LogP contribution in [0.25, 0.3) is 11.1 Å². The van der Waals surface area contributed by atoms with Crippen molar-refractivity contribution in [3.05, 3.63) is 89.0 Å². The van der Waals surface area contributed by atoms with E-state index in [1.54, 1.807) is 30.4 Å². The molecule has 2 atom stereocenters. The molecule has 11 heteroatoms. The van der Waals surface area contributed by atoms with Gasteiger partial charge in [-0.15, -0.1) is 0 Å². The first kappa shape index (κ1) is 39.5. The van der Waals surface area contributed by atoms with E-state index in [9.17, 15) is 9.59 Å². The van der Waals surface area contributed by atoms with Crippen molar-refractivity contribution in [1.82, 2.24) is 5.32 Å². The molecule has 0 saturated heterocycles. The number of fused-ring (bicyclic) bond motifs is 4. The molecular weight excluding hydrogens is 713 g/mol. The number of anilines is 2. The Morgan fingerprint density at radius 1 is 0.945 bits per heavy atom. The van der Waals surface area contributed by atoms with Gasteiger partial charge in [-0.3, -0.25) is 14.6 Å². The van der Waals surface area contributed by atoms with Crippen LogP contribution in [0.3, 0.4) is 0 Å². The van der Waals surface area contributed by atoms with Gasteiger partial charge in [-0.25, -0.2) is 0 Å². The number of carbonyl (C=O) groups excluding carboxylic acids is 2. The van der Waals surface area contributed by atoms with Crippen LogP contribution < -0.4 is 34.9 Å². The Hall–Kier alpha value is -5.16. The van der Waals surface area contributed by atoms with Crippen LogP contribution in [0.15, 0.2) is 71.7 Å². The van der Waals surface area contributed by atoms with E-state index in [0.29, 0.717) is 61.8 Å². The molecule has 290 valence electrons. The van der Waals surface area contributed by atoms with Crippen molar-refractivity contribution < 1.29 is 28.5 Å². The highest BCUT2D eigenvalue weighted by atomic mass is 32.1. The summed E-state index contributed by atoms with van der Waals surface area (Å²) in [6.45, 7) is 9.64. The molecule has 2 amide bonds. The van der Waals surface area contributed by atoms with Crippen LogP contribution in [0.2, 0.25) is 0 Å². The number of nitrogens with zero attached hydrogens (tertiary/aromatic N) is 2. The molecule has 10 nitrogen and oxygen atoms in total. The average molecular weight is 765 g/mol. The van der Waals surface area contributed by atoms with Gasteiger partial charge in [0.2, 0.25) is 6.41 Å². The zero-order valence-corrected chi connectivity index (χ0v) is 33.3. The topological polar surface area (TPSA) is 125 Å². The van der Waals surface area contributed by atoms with Gasteiger partial charge in [-0.2, -0.15) is 12.6 Å². The minimum atomic E-state index is -0.211. The third kappa shape index (κ3) is 9.39. The largest absolute Gasteiger partial charge is 0.494 e. The first-order chi connectivity index (χ1) is 26.5. The fourth-order valence-electron chi connectivity index (χ4n) is 7.23. The lowest BCUT2D eigenvalue weighted by atomic mass is 9.91. The van der Waals surface area contributed by atoms with Gasteiger partial charge in [0, 0.05) is 52.9 Å². The number of nitrogen functional groups attached to an aromatic ring is 1. The lowest BCUT2D eigenvalue weighted by Gasteiger charge is -2.24. The Morgan fingerprint density at radius 3 is 2.45 bits per heavy atom. The number of thiol groups is 1. The number of benzene rings is 4. The molecule has 0 saturated carbocycles. The molecule has 0 spiro atoms. The van der Waals surface area contributed by atoms with Gasteiger partial charge in [0.1, 0.15) is 11.5 Å². The van der Waals surface area contributed by atoms with Gasteiger partial charge >= 0.3 is 0 Å². The van der Waals surface area contributed by atoms with Crippen LogP contribution in [-0.2, 0) is 24.1 Å².